The Hall–Kier alpha value is -0.541. The molecular formula is C6H11NO3Se. The van der Waals surface area contributed by atoms with Crippen LogP contribution in [0.25, 0.3) is 0 Å². The fourth-order valence-corrected chi connectivity index (χ4v) is 1.00. The van der Waals surface area contributed by atoms with Crippen LogP contribution in [0.3, 0.4) is 0 Å². The molecule has 0 aromatic rings. The van der Waals surface area contributed by atoms with Crippen molar-refractivity contribution in [2.45, 2.75) is 24.7 Å². The van der Waals surface area contributed by atoms with Crippen LogP contribution in [-0.2, 0) is 9.59 Å². The van der Waals surface area contributed by atoms with Crippen LogP contribution in [0.5, 0.6) is 0 Å². The molecule has 0 aliphatic rings. The number of carbonyl (C=O) groups excluding carboxylic acids is 1. The van der Waals surface area contributed by atoms with Crippen molar-refractivity contribution in [2.75, 3.05) is 0 Å². The van der Waals surface area contributed by atoms with Crippen molar-refractivity contribution in [1.82, 2.24) is 5.32 Å². The molecule has 0 unspecified atom stereocenters. The van der Waals surface area contributed by atoms with Gasteiger partial charge in [-0.1, -0.05) is 0 Å². The molecule has 11 heavy (non-hydrogen) atoms. The Bertz CT molecular complexity index is 160. The van der Waals surface area contributed by atoms with Gasteiger partial charge in [-0.05, 0) is 0 Å². The predicted octanol–water partition coefficient (Wildman–Crippen LogP) is -0.715. The summed E-state index contributed by atoms with van der Waals surface area (Å²) >= 11 is 2.14. The number of amides is 1. The van der Waals surface area contributed by atoms with E-state index in [-0.39, 0.29) is 5.91 Å². The van der Waals surface area contributed by atoms with Gasteiger partial charge in [-0.15, -0.1) is 0 Å². The molecule has 0 spiro atoms. The van der Waals surface area contributed by atoms with Gasteiger partial charge in [0, 0.05) is 0 Å². The Kier molecular flexibility index (Phi) is 4.90. The van der Waals surface area contributed by atoms with Crippen molar-refractivity contribution in [3.63, 3.8) is 0 Å². The second-order valence-corrected chi connectivity index (χ2v) is 2.76. The first kappa shape index (κ1) is 10.5. The Labute approximate surface area is 73.2 Å². The van der Waals surface area contributed by atoms with E-state index in [0.717, 1.165) is 0 Å². The molecule has 0 saturated carbocycles. The molecule has 0 aromatic carbocycles. The number of hydrogen-bond donors (Lipinski definition) is 2. The van der Waals surface area contributed by atoms with Crippen LogP contribution >= 0.6 is 0 Å². The van der Waals surface area contributed by atoms with Crippen LogP contribution in [0.1, 0.15) is 13.3 Å². The summed E-state index contributed by atoms with van der Waals surface area (Å²) in [5.41, 5.74) is 0. The summed E-state index contributed by atoms with van der Waals surface area (Å²) in [6, 6.07) is -0.762. The molecule has 0 fully saturated rings. The van der Waals surface area contributed by atoms with Crippen molar-refractivity contribution >= 4 is 27.9 Å². The van der Waals surface area contributed by atoms with Crippen LogP contribution < -0.4 is 5.32 Å². The first-order valence-corrected chi connectivity index (χ1v) is 4.57. The van der Waals surface area contributed by atoms with Crippen molar-refractivity contribution in [3.05, 3.63) is 0 Å². The van der Waals surface area contributed by atoms with Crippen molar-refractivity contribution in [1.29, 1.82) is 0 Å². The molecule has 64 valence electrons. The molecule has 4 nitrogen and oxygen atoms in total. The molecule has 5 heteroatoms. The second-order valence-electron chi connectivity index (χ2n) is 1.99. The SMILES string of the molecule is CCC(=O)N[C@@H](C[SeH])C(=O)O. The fraction of sp³-hybridized carbons (Fsp3) is 0.667. The summed E-state index contributed by atoms with van der Waals surface area (Å²) in [6.45, 7) is 1.68. The summed E-state index contributed by atoms with van der Waals surface area (Å²) in [4.78, 5) is 21.1. The topological polar surface area (TPSA) is 66.4 Å². The first-order chi connectivity index (χ1) is 5.11. The number of rotatable bonds is 4. The van der Waals surface area contributed by atoms with Crippen LogP contribution in [0.15, 0.2) is 0 Å². The number of carboxylic acids is 1. The summed E-state index contributed by atoms with van der Waals surface area (Å²) in [5, 5.41) is 11.2. The molecule has 0 aliphatic carbocycles. The van der Waals surface area contributed by atoms with E-state index in [1.807, 2.05) is 0 Å². The monoisotopic (exact) mass is 225 g/mol. The van der Waals surface area contributed by atoms with Crippen LogP contribution in [-0.4, -0.2) is 39.0 Å². The van der Waals surface area contributed by atoms with E-state index >= 15 is 0 Å². The van der Waals surface area contributed by atoms with Gasteiger partial charge >= 0.3 is 72.6 Å². The molecule has 0 saturated heterocycles. The number of aliphatic carboxylic acids is 1. The van der Waals surface area contributed by atoms with Gasteiger partial charge in [0.2, 0.25) is 0 Å². The third kappa shape index (κ3) is 4.01. The number of carbonyl (C=O) groups is 2. The first-order valence-electron chi connectivity index (χ1n) is 3.24. The van der Waals surface area contributed by atoms with Gasteiger partial charge in [-0.2, -0.15) is 0 Å². The van der Waals surface area contributed by atoms with Gasteiger partial charge in [0.1, 0.15) is 0 Å². The van der Waals surface area contributed by atoms with E-state index in [9.17, 15) is 9.59 Å². The van der Waals surface area contributed by atoms with E-state index in [1.54, 1.807) is 6.92 Å². The second kappa shape index (κ2) is 5.15. The van der Waals surface area contributed by atoms with Gasteiger partial charge in [0.15, 0.2) is 0 Å². The molecule has 0 aromatic heterocycles. The fourth-order valence-electron chi connectivity index (χ4n) is 0.482. The van der Waals surface area contributed by atoms with Crippen molar-refractivity contribution in [2.24, 2.45) is 0 Å². The third-order valence-corrected chi connectivity index (χ3v) is 1.90. The summed E-state index contributed by atoms with van der Waals surface area (Å²) in [7, 11) is 0. The summed E-state index contributed by atoms with van der Waals surface area (Å²) < 4.78 is 0. The van der Waals surface area contributed by atoms with Crippen molar-refractivity contribution in [3.8, 4) is 0 Å². The maximum atomic E-state index is 10.7. The summed E-state index contributed by atoms with van der Waals surface area (Å²) in [5.74, 6) is -1.23. The number of nitrogens with one attached hydrogen (secondary N) is 1. The van der Waals surface area contributed by atoms with Crippen molar-refractivity contribution < 1.29 is 14.7 Å². The minimum absolute atomic E-state index is 0.233. The number of hydrogen-bond acceptors (Lipinski definition) is 2. The minimum atomic E-state index is -0.993. The van der Waals surface area contributed by atoms with Gasteiger partial charge in [0.05, 0.1) is 0 Å². The van der Waals surface area contributed by atoms with Gasteiger partial charge in [0.25, 0.3) is 0 Å². The molecule has 0 rings (SSSR count). The van der Waals surface area contributed by atoms with Gasteiger partial charge in [-0.3, -0.25) is 0 Å². The molecule has 1 amide bonds. The third-order valence-electron chi connectivity index (χ3n) is 1.14. The van der Waals surface area contributed by atoms with E-state index in [1.165, 1.54) is 0 Å². The van der Waals surface area contributed by atoms with E-state index in [2.05, 4.69) is 21.3 Å². The van der Waals surface area contributed by atoms with E-state index < -0.39 is 12.0 Å². The van der Waals surface area contributed by atoms with Crippen LogP contribution in [0.2, 0.25) is 5.32 Å². The van der Waals surface area contributed by atoms with Crippen LogP contribution in [0.4, 0.5) is 0 Å². The average Bonchev–Trinajstić information content (AvgIpc) is 1.99. The van der Waals surface area contributed by atoms with Crippen LogP contribution in [0, 0.1) is 0 Å². The molecule has 0 aliphatic heterocycles. The molecule has 0 radical (unpaired) electrons. The standard InChI is InChI=1S/C6H11NO3Se/c1-2-5(8)7-4(3-11)6(9)10/h4,11H,2-3H2,1H3,(H,7,8)(H,9,10)/t4-/m0/s1. The Morgan fingerprint density at radius 3 is 2.45 bits per heavy atom. The van der Waals surface area contributed by atoms with Gasteiger partial charge in [-0.25, -0.2) is 0 Å². The van der Waals surface area contributed by atoms with E-state index in [4.69, 9.17) is 5.11 Å². The number of carboxylic acid groups (broad SMARTS) is 1. The Morgan fingerprint density at radius 1 is 1.64 bits per heavy atom. The van der Waals surface area contributed by atoms with Gasteiger partial charge < -0.3 is 0 Å². The molecule has 0 bridgehead atoms. The Morgan fingerprint density at radius 2 is 2.18 bits per heavy atom. The molecular weight excluding hydrogens is 213 g/mol. The zero-order valence-corrected chi connectivity index (χ0v) is 8.08. The molecule has 2 N–H and O–H groups in total. The predicted molar refractivity (Wildman–Crippen MR) is 41.8 cm³/mol. The molecule has 0 heterocycles. The normalized spacial score (nSPS) is 12.2. The summed E-state index contributed by atoms with van der Waals surface area (Å²) in [6.07, 6.45) is 0.316. The average molecular weight is 224 g/mol. The Balaban J connectivity index is 3.88. The molecule has 1 atom stereocenters. The maximum absolute atomic E-state index is 10.7. The zero-order chi connectivity index (χ0) is 8.85. The zero-order valence-electron chi connectivity index (χ0n) is 6.20. The quantitative estimate of drug-likeness (QED) is 0.619. The van der Waals surface area contributed by atoms with E-state index in [0.29, 0.717) is 11.7 Å².